The number of likely N-dealkylation sites (tertiary alicyclic amines) is 2. The van der Waals surface area contributed by atoms with Gasteiger partial charge in [-0.25, -0.2) is 0 Å². The van der Waals surface area contributed by atoms with Gasteiger partial charge in [0.25, 0.3) is 0 Å². The van der Waals surface area contributed by atoms with Crippen LogP contribution in [0.5, 0.6) is 0 Å². The zero-order chi connectivity index (χ0) is 18.2. The molecule has 3 rings (SSSR count). The lowest BCUT2D eigenvalue weighted by atomic mass is 10.0. The third-order valence-corrected chi connectivity index (χ3v) is 6.75. The van der Waals surface area contributed by atoms with Crippen molar-refractivity contribution in [1.29, 1.82) is 0 Å². The molecule has 2 aliphatic rings. The average Bonchev–Trinajstić information content (AvgIpc) is 3.36. The smallest absolute Gasteiger partial charge is 0.191 e. The van der Waals surface area contributed by atoms with Crippen LogP contribution in [0.1, 0.15) is 49.9 Å². The summed E-state index contributed by atoms with van der Waals surface area (Å²) in [7, 11) is 1.87. The van der Waals surface area contributed by atoms with Crippen molar-refractivity contribution in [2.24, 2.45) is 4.99 Å². The van der Waals surface area contributed by atoms with Crippen LogP contribution >= 0.6 is 11.3 Å². The van der Waals surface area contributed by atoms with E-state index in [1.54, 1.807) is 0 Å². The molecule has 0 radical (unpaired) electrons. The highest BCUT2D eigenvalue weighted by atomic mass is 32.1. The highest BCUT2D eigenvalue weighted by Crippen LogP contribution is 2.27. The predicted molar refractivity (Wildman–Crippen MR) is 112 cm³/mol. The van der Waals surface area contributed by atoms with E-state index in [9.17, 15) is 0 Å². The summed E-state index contributed by atoms with van der Waals surface area (Å²) in [5.74, 6) is 0.926. The molecule has 1 aromatic rings. The van der Waals surface area contributed by atoms with Gasteiger partial charge in [-0.05, 0) is 63.7 Å². The maximum atomic E-state index is 4.43. The van der Waals surface area contributed by atoms with Crippen molar-refractivity contribution in [1.82, 2.24) is 20.4 Å². The van der Waals surface area contributed by atoms with E-state index in [0.717, 1.165) is 31.6 Å². The zero-order valence-electron chi connectivity index (χ0n) is 16.4. The van der Waals surface area contributed by atoms with E-state index in [0.29, 0.717) is 6.04 Å². The average molecular weight is 378 g/mol. The molecule has 0 aliphatic carbocycles. The number of thiophene rings is 1. The van der Waals surface area contributed by atoms with Crippen molar-refractivity contribution < 1.29 is 0 Å². The number of nitrogens with zero attached hydrogens (tertiary/aromatic N) is 3. The molecule has 0 amide bonds. The summed E-state index contributed by atoms with van der Waals surface area (Å²) in [6, 6.07) is 5.61. The van der Waals surface area contributed by atoms with Crippen molar-refractivity contribution in [3.63, 3.8) is 0 Å². The predicted octanol–water partition coefficient (Wildman–Crippen LogP) is 2.92. The van der Waals surface area contributed by atoms with Crippen LogP contribution in [0.3, 0.4) is 0 Å². The summed E-state index contributed by atoms with van der Waals surface area (Å²) >= 11 is 1.87. The van der Waals surface area contributed by atoms with Crippen LogP contribution in [0, 0.1) is 0 Å². The molecule has 0 aromatic carbocycles. The van der Waals surface area contributed by atoms with Crippen LogP contribution in [0.2, 0.25) is 0 Å². The molecule has 6 heteroatoms. The number of hydrogen-bond donors (Lipinski definition) is 2. The molecule has 26 heavy (non-hydrogen) atoms. The minimum Gasteiger partial charge on any atom is -0.355 e. The normalized spacial score (nSPS) is 23.9. The first-order valence-electron chi connectivity index (χ1n) is 10.2. The fraction of sp³-hybridized carbons (Fsp3) is 0.750. The second-order valence-electron chi connectivity index (χ2n) is 7.53. The summed E-state index contributed by atoms with van der Waals surface area (Å²) < 4.78 is 0. The Balaban J connectivity index is 1.46. The Hall–Kier alpha value is -1.11. The van der Waals surface area contributed by atoms with Gasteiger partial charge in [0.05, 0.1) is 6.04 Å². The maximum Gasteiger partial charge on any atom is 0.191 e. The van der Waals surface area contributed by atoms with Crippen LogP contribution < -0.4 is 10.6 Å². The molecule has 2 unspecified atom stereocenters. The molecule has 2 aliphatic heterocycles. The number of piperidine rings is 1. The number of rotatable bonds is 7. The molecule has 0 saturated carbocycles. The number of nitrogens with one attached hydrogen (secondary N) is 2. The van der Waals surface area contributed by atoms with E-state index >= 15 is 0 Å². The second-order valence-corrected chi connectivity index (χ2v) is 8.51. The van der Waals surface area contributed by atoms with Gasteiger partial charge in [-0.15, -0.1) is 11.3 Å². The Morgan fingerprint density at radius 3 is 2.73 bits per heavy atom. The molecule has 0 spiro atoms. The summed E-state index contributed by atoms with van der Waals surface area (Å²) in [5.41, 5.74) is 0. The first-order valence-corrected chi connectivity index (χ1v) is 11.1. The highest BCUT2D eigenvalue weighted by molar-refractivity contribution is 7.10. The SMILES string of the molecule is CN=C(NCCN1CCCCC1C)NCC(c1cccs1)N1CCCC1. The molecule has 2 saturated heterocycles. The molecule has 2 N–H and O–H groups in total. The largest absolute Gasteiger partial charge is 0.355 e. The summed E-state index contributed by atoms with van der Waals surface area (Å²) in [6.07, 6.45) is 6.71. The fourth-order valence-corrected chi connectivity index (χ4v) is 5.03. The molecule has 5 nitrogen and oxygen atoms in total. The minimum absolute atomic E-state index is 0.457. The van der Waals surface area contributed by atoms with Gasteiger partial charge in [-0.3, -0.25) is 14.8 Å². The van der Waals surface area contributed by atoms with Gasteiger partial charge in [0.15, 0.2) is 5.96 Å². The standard InChI is InChI=1S/C20H35N5S/c1-17-8-3-4-11-24(17)14-10-22-20(21-2)23-16-18(19-9-7-15-26-19)25-12-5-6-13-25/h7,9,15,17-18H,3-6,8,10-14,16H2,1-2H3,(H2,21,22,23). The Morgan fingerprint density at radius 2 is 2.04 bits per heavy atom. The molecule has 2 atom stereocenters. The minimum atomic E-state index is 0.457. The van der Waals surface area contributed by atoms with Crippen molar-refractivity contribution >= 4 is 17.3 Å². The van der Waals surface area contributed by atoms with Crippen LogP contribution in [0.15, 0.2) is 22.5 Å². The quantitative estimate of drug-likeness (QED) is 0.566. The van der Waals surface area contributed by atoms with E-state index in [2.05, 4.69) is 49.9 Å². The maximum absolute atomic E-state index is 4.43. The van der Waals surface area contributed by atoms with Gasteiger partial charge in [-0.1, -0.05) is 12.5 Å². The zero-order valence-corrected chi connectivity index (χ0v) is 17.2. The second kappa shape index (κ2) is 10.3. The van der Waals surface area contributed by atoms with Crippen molar-refractivity contribution in [3.05, 3.63) is 22.4 Å². The van der Waals surface area contributed by atoms with Crippen LogP contribution in [0.25, 0.3) is 0 Å². The first kappa shape index (κ1) is 19.6. The van der Waals surface area contributed by atoms with E-state index in [1.807, 2.05) is 18.4 Å². The van der Waals surface area contributed by atoms with Gasteiger partial charge >= 0.3 is 0 Å². The van der Waals surface area contributed by atoms with Crippen LogP contribution in [0.4, 0.5) is 0 Å². The third kappa shape index (κ3) is 5.44. The highest BCUT2D eigenvalue weighted by Gasteiger charge is 2.24. The molecule has 1 aromatic heterocycles. The summed E-state index contributed by atoms with van der Waals surface area (Å²) in [6.45, 7) is 8.99. The Labute approximate surface area is 162 Å². The van der Waals surface area contributed by atoms with Gasteiger partial charge in [0, 0.05) is 37.6 Å². The summed E-state index contributed by atoms with van der Waals surface area (Å²) in [4.78, 5) is 11.1. The van der Waals surface area contributed by atoms with Crippen molar-refractivity contribution in [3.8, 4) is 0 Å². The Kier molecular flexibility index (Phi) is 7.77. The Bertz CT molecular complexity index is 538. The first-order chi connectivity index (χ1) is 12.8. The van der Waals surface area contributed by atoms with Gasteiger partial charge in [0.1, 0.15) is 0 Å². The number of guanidine groups is 1. The number of hydrogen-bond acceptors (Lipinski definition) is 4. The molecule has 2 fully saturated rings. The van der Waals surface area contributed by atoms with Gasteiger partial charge < -0.3 is 10.6 Å². The topological polar surface area (TPSA) is 42.9 Å². The molecule has 3 heterocycles. The lowest BCUT2D eigenvalue weighted by Crippen LogP contribution is -2.46. The van der Waals surface area contributed by atoms with E-state index in [4.69, 9.17) is 0 Å². The van der Waals surface area contributed by atoms with Crippen LogP contribution in [-0.4, -0.2) is 68.1 Å². The monoisotopic (exact) mass is 377 g/mol. The van der Waals surface area contributed by atoms with E-state index < -0.39 is 0 Å². The van der Waals surface area contributed by atoms with E-state index in [1.165, 1.54) is 56.6 Å². The Morgan fingerprint density at radius 1 is 1.23 bits per heavy atom. The van der Waals surface area contributed by atoms with Crippen LogP contribution in [-0.2, 0) is 0 Å². The third-order valence-electron chi connectivity index (χ3n) is 5.77. The van der Waals surface area contributed by atoms with Gasteiger partial charge in [0.2, 0.25) is 0 Å². The molecule has 146 valence electrons. The van der Waals surface area contributed by atoms with Crippen molar-refractivity contribution in [2.75, 3.05) is 46.3 Å². The molecular weight excluding hydrogens is 342 g/mol. The fourth-order valence-electron chi connectivity index (χ4n) is 4.17. The molecule has 0 bridgehead atoms. The van der Waals surface area contributed by atoms with E-state index in [-0.39, 0.29) is 0 Å². The number of aliphatic imine (C=N–C) groups is 1. The van der Waals surface area contributed by atoms with Gasteiger partial charge in [-0.2, -0.15) is 0 Å². The lowest BCUT2D eigenvalue weighted by molar-refractivity contribution is 0.163. The molecular formula is C20H35N5S. The summed E-state index contributed by atoms with van der Waals surface area (Å²) in [5, 5.41) is 9.27. The van der Waals surface area contributed by atoms with Crippen molar-refractivity contribution in [2.45, 2.75) is 51.1 Å². The lowest BCUT2D eigenvalue weighted by Gasteiger charge is -2.33.